The highest BCUT2D eigenvalue weighted by Gasteiger charge is 2.20. The smallest absolute Gasteiger partial charge is 0.159 e. The zero-order valence-electron chi connectivity index (χ0n) is 17.6. The van der Waals surface area contributed by atoms with Gasteiger partial charge in [-0.1, -0.05) is 66.7 Å². The molecule has 0 amide bonds. The Bertz CT molecular complexity index is 940. The van der Waals surface area contributed by atoms with Crippen molar-refractivity contribution in [3.8, 4) is 16.9 Å². The zero-order valence-corrected chi connectivity index (χ0v) is 17.6. The number of likely N-dealkylation sites (tertiary alicyclic amines) is 1. The largest absolute Gasteiger partial charge is 0.492 e. The van der Waals surface area contributed by atoms with Gasteiger partial charge in [-0.3, -0.25) is 9.69 Å². The van der Waals surface area contributed by atoms with Crippen LogP contribution in [0, 0.1) is 0 Å². The average Bonchev–Trinajstić information content (AvgIpc) is 2.81. The summed E-state index contributed by atoms with van der Waals surface area (Å²) in [5, 5.41) is 0. The van der Waals surface area contributed by atoms with Gasteiger partial charge < -0.3 is 4.74 Å². The fraction of sp³-hybridized carbons (Fsp3) is 0.296. The number of benzene rings is 3. The number of hydrogen-bond donors (Lipinski definition) is 0. The van der Waals surface area contributed by atoms with Crippen molar-refractivity contribution in [2.45, 2.75) is 25.7 Å². The van der Waals surface area contributed by atoms with Crippen LogP contribution in [0.2, 0.25) is 0 Å². The van der Waals surface area contributed by atoms with Crippen LogP contribution in [0.5, 0.6) is 5.75 Å². The molecule has 0 atom stereocenters. The van der Waals surface area contributed by atoms with Gasteiger partial charge in [-0.05, 0) is 67.6 Å². The first-order valence-corrected chi connectivity index (χ1v) is 10.8. The number of ketones is 1. The third-order valence-corrected chi connectivity index (χ3v) is 6.01. The quantitative estimate of drug-likeness (QED) is 0.469. The fourth-order valence-corrected chi connectivity index (χ4v) is 4.15. The standard InChI is InChI=1S/C27H29NO2/c1-21(29)22-7-9-24(10-8-22)25-11-13-27(14-12-25)30-20-19-28-17-15-26(16-18-28)23-5-3-2-4-6-23/h2-14,26H,15-20H2,1H3. The molecule has 3 aromatic carbocycles. The molecule has 3 nitrogen and oxygen atoms in total. The summed E-state index contributed by atoms with van der Waals surface area (Å²) in [5.74, 6) is 1.69. The molecule has 0 aliphatic carbocycles. The maximum absolute atomic E-state index is 11.4. The lowest BCUT2D eigenvalue weighted by Crippen LogP contribution is -2.35. The molecule has 4 rings (SSSR count). The summed E-state index contributed by atoms with van der Waals surface area (Å²) in [7, 11) is 0. The van der Waals surface area contributed by atoms with Gasteiger partial charge in [0.15, 0.2) is 5.78 Å². The second-order valence-electron chi connectivity index (χ2n) is 8.03. The molecule has 0 saturated carbocycles. The van der Waals surface area contributed by atoms with Crippen LogP contribution < -0.4 is 4.74 Å². The van der Waals surface area contributed by atoms with E-state index >= 15 is 0 Å². The van der Waals surface area contributed by atoms with Gasteiger partial charge in [0.05, 0.1) is 0 Å². The van der Waals surface area contributed by atoms with E-state index < -0.39 is 0 Å². The average molecular weight is 400 g/mol. The zero-order chi connectivity index (χ0) is 20.8. The molecule has 30 heavy (non-hydrogen) atoms. The number of nitrogens with zero attached hydrogens (tertiary/aromatic N) is 1. The van der Waals surface area contributed by atoms with Crippen LogP contribution in [0.15, 0.2) is 78.9 Å². The SMILES string of the molecule is CC(=O)c1ccc(-c2ccc(OCCN3CCC(c4ccccc4)CC3)cc2)cc1. The monoisotopic (exact) mass is 399 g/mol. The number of Topliss-reactive ketones (excluding diaryl/α,β-unsaturated/α-hetero) is 1. The van der Waals surface area contributed by atoms with Crippen molar-refractivity contribution in [2.75, 3.05) is 26.2 Å². The van der Waals surface area contributed by atoms with Gasteiger partial charge in [0.25, 0.3) is 0 Å². The van der Waals surface area contributed by atoms with Crippen LogP contribution in [0.4, 0.5) is 0 Å². The minimum absolute atomic E-state index is 0.0922. The second-order valence-corrected chi connectivity index (χ2v) is 8.03. The molecule has 1 aliphatic rings. The summed E-state index contributed by atoms with van der Waals surface area (Å²) in [6.45, 7) is 5.54. The Balaban J connectivity index is 1.23. The molecule has 0 N–H and O–H groups in total. The lowest BCUT2D eigenvalue weighted by Gasteiger charge is -2.32. The van der Waals surface area contributed by atoms with E-state index in [0.29, 0.717) is 12.5 Å². The predicted octanol–water partition coefficient (Wildman–Crippen LogP) is 5.81. The number of carbonyl (C=O) groups excluding carboxylic acids is 1. The van der Waals surface area contributed by atoms with E-state index in [1.54, 1.807) is 6.92 Å². The van der Waals surface area contributed by atoms with Crippen molar-refractivity contribution in [1.82, 2.24) is 4.90 Å². The van der Waals surface area contributed by atoms with Crippen molar-refractivity contribution < 1.29 is 9.53 Å². The lowest BCUT2D eigenvalue weighted by molar-refractivity contribution is 0.101. The predicted molar refractivity (Wildman–Crippen MR) is 122 cm³/mol. The van der Waals surface area contributed by atoms with Crippen LogP contribution in [-0.2, 0) is 0 Å². The number of rotatable bonds is 7. The number of hydrogen-bond acceptors (Lipinski definition) is 3. The molecule has 0 bridgehead atoms. The maximum Gasteiger partial charge on any atom is 0.159 e. The molecule has 3 heteroatoms. The van der Waals surface area contributed by atoms with Crippen LogP contribution in [-0.4, -0.2) is 36.9 Å². The molecule has 1 saturated heterocycles. The van der Waals surface area contributed by atoms with E-state index in [0.717, 1.165) is 42.1 Å². The Morgan fingerprint density at radius 3 is 2.07 bits per heavy atom. The highest BCUT2D eigenvalue weighted by Crippen LogP contribution is 2.27. The third-order valence-electron chi connectivity index (χ3n) is 6.01. The van der Waals surface area contributed by atoms with Crippen LogP contribution >= 0.6 is 0 Å². The summed E-state index contributed by atoms with van der Waals surface area (Å²) in [6.07, 6.45) is 2.45. The van der Waals surface area contributed by atoms with Crippen molar-refractivity contribution >= 4 is 5.78 Å². The fourth-order valence-electron chi connectivity index (χ4n) is 4.15. The molecular formula is C27H29NO2. The molecule has 3 aromatic rings. The highest BCUT2D eigenvalue weighted by molar-refractivity contribution is 5.94. The van der Waals surface area contributed by atoms with Crippen molar-refractivity contribution in [3.05, 3.63) is 90.0 Å². The first kappa shape index (κ1) is 20.4. The van der Waals surface area contributed by atoms with E-state index in [2.05, 4.69) is 47.4 Å². The van der Waals surface area contributed by atoms with Gasteiger partial charge in [0.1, 0.15) is 12.4 Å². The highest BCUT2D eigenvalue weighted by atomic mass is 16.5. The number of ether oxygens (including phenoxy) is 1. The lowest BCUT2D eigenvalue weighted by atomic mass is 9.89. The summed E-state index contributed by atoms with van der Waals surface area (Å²) in [4.78, 5) is 13.9. The second kappa shape index (κ2) is 9.73. The van der Waals surface area contributed by atoms with Gasteiger partial charge >= 0.3 is 0 Å². The van der Waals surface area contributed by atoms with Crippen LogP contribution in [0.25, 0.3) is 11.1 Å². The number of piperidine rings is 1. The molecule has 1 aliphatic heterocycles. The first-order chi connectivity index (χ1) is 14.7. The van der Waals surface area contributed by atoms with Crippen molar-refractivity contribution in [2.24, 2.45) is 0 Å². The normalized spacial score (nSPS) is 15.1. The molecule has 1 fully saturated rings. The van der Waals surface area contributed by atoms with E-state index in [-0.39, 0.29) is 5.78 Å². The molecule has 0 unspecified atom stereocenters. The summed E-state index contributed by atoms with van der Waals surface area (Å²) in [5.41, 5.74) is 4.45. The Morgan fingerprint density at radius 1 is 0.867 bits per heavy atom. The van der Waals surface area contributed by atoms with E-state index in [9.17, 15) is 4.79 Å². The molecular weight excluding hydrogens is 370 g/mol. The van der Waals surface area contributed by atoms with Crippen LogP contribution in [0.3, 0.4) is 0 Å². The Hall–Kier alpha value is -2.91. The van der Waals surface area contributed by atoms with Gasteiger partial charge in [-0.25, -0.2) is 0 Å². The minimum Gasteiger partial charge on any atom is -0.492 e. The summed E-state index contributed by atoms with van der Waals surface area (Å²) < 4.78 is 5.98. The third kappa shape index (κ3) is 5.17. The van der Waals surface area contributed by atoms with E-state index in [1.165, 1.54) is 18.4 Å². The van der Waals surface area contributed by atoms with Gasteiger partial charge in [0.2, 0.25) is 0 Å². The molecule has 0 aromatic heterocycles. The Kier molecular flexibility index (Phi) is 6.60. The minimum atomic E-state index is 0.0922. The molecule has 1 heterocycles. The molecule has 0 spiro atoms. The molecule has 154 valence electrons. The Morgan fingerprint density at radius 2 is 1.47 bits per heavy atom. The van der Waals surface area contributed by atoms with Gasteiger partial charge in [0, 0.05) is 12.1 Å². The number of carbonyl (C=O) groups is 1. The van der Waals surface area contributed by atoms with Crippen molar-refractivity contribution in [3.63, 3.8) is 0 Å². The first-order valence-electron chi connectivity index (χ1n) is 10.8. The Labute approximate surface area is 179 Å². The van der Waals surface area contributed by atoms with Gasteiger partial charge in [-0.15, -0.1) is 0 Å². The van der Waals surface area contributed by atoms with Crippen LogP contribution in [0.1, 0.15) is 41.6 Å². The van der Waals surface area contributed by atoms with Gasteiger partial charge in [-0.2, -0.15) is 0 Å². The van der Waals surface area contributed by atoms with Crippen molar-refractivity contribution in [1.29, 1.82) is 0 Å². The summed E-state index contributed by atoms with van der Waals surface area (Å²) in [6, 6.07) is 26.8. The topological polar surface area (TPSA) is 29.5 Å². The van der Waals surface area contributed by atoms with E-state index in [1.807, 2.05) is 36.4 Å². The molecule has 0 radical (unpaired) electrons. The van der Waals surface area contributed by atoms with E-state index in [4.69, 9.17) is 4.74 Å². The maximum atomic E-state index is 11.4. The summed E-state index contributed by atoms with van der Waals surface area (Å²) >= 11 is 0.